The molecular weight excluding hydrogens is 386 g/mol. The van der Waals surface area contributed by atoms with Crippen LogP contribution >= 0.6 is 0 Å². The number of hydrogen-bond donors (Lipinski definition) is 4. The lowest BCUT2D eigenvalue weighted by Gasteiger charge is -2.24. The molecule has 1 aliphatic rings. The van der Waals surface area contributed by atoms with Crippen molar-refractivity contribution in [2.75, 3.05) is 19.0 Å². The maximum atomic E-state index is 12.4. The number of aliphatic hydroxyl groups is 2. The number of nitrogens with one attached hydrogen (secondary N) is 2. The molecule has 0 aromatic carbocycles. The second kappa shape index (κ2) is 8.55. The van der Waals surface area contributed by atoms with Gasteiger partial charge in [-0.3, -0.25) is 24.5 Å². The summed E-state index contributed by atoms with van der Waals surface area (Å²) in [7, 11) is 1.45. The summed E-state index contributed by atoms with van der Waals surface area (Å²) in [5, 5.41) is 22.5. The molecule has 29 heavy (non-hydrogen) atoms. The van der Waals surface area contributed by atoms with Crippen molar-refractivity contribution in [2.45, 2.75) is 51.6 Å². The number of nitrogens with zero attached hydrogens (tertiary/aromatic N) is 3. The summed E-state index contributed by atoms with van der Waals surface area (Å²) in [5.41, 5.74) is -0.397. The van der Waals surface area contributed by atoms with Gasteiger partial charge < -0.3 is 24.4 Å². The van der Waals surface area contributed by atoms with Gasteiger partial charge in [0.2, 0.25) is 11.9 Å². The van der Waals surface area contributed by atoms with Gasteiger partial charge in [-0.05, 0) is 6.92 Å². The van der Waals surface area contributed by atoms with Gasteiger partial charge in [0.05, 0.1) is 12.9 Å². The molecule has 160 valence electrons. The minimum absolute atomic E-state index is 0.0247. The van der Waals surface area contributed by atoms with Gasteiger partial charge in [0.25, 0.3) is 5.56 Å². The van der Waals surface area contributed by atoms with Crippen LogP contribution in [0, 0.1) is 5.92 Å². The van der Waals surface area contributed by atoms with E-state index in [4.69, 9.17) is 14.2 Å². The van der Waals surface area contributed by atoms with Crippen molar-refractivity contribution in [1.82, 2.24) is 19.5 Å². The lowest BCUT2D eigenvalue weighted by molar-refractivity contribution is -0.181. The Hall–Kier alpha value is -2.38. The molecule has 5 atom stereocenters. The van der Waals surface area contributed by atoms with E-state index in [2.05, 4.69) is 20.3 Å². The number of aliphatic hydroxyl groups excluding tert-OH is 2. The van der Waals surface area contributed by atoms with Crippen LogP contribution in [-0.2, 0) is 19.0 Å². The number of fused-ring (bicyclic) bond motifs is 1. The van der Waals surface area contributed by atoms with Crippen LogP contribution < -0.4 is 10.9 Å². The molecule has 1 unspecified atom stereocenters. The molecule has 0 bridgehead atoms. The molecule has 1 amide bonds. The average molecular weight is 411 g/mol. The predicted octanol–water partition coefficient (Wildman–Crippen LogP) is -0.658. The fourth-order valence-electron chi connectivity index (χ4n) is 2.95. The second-order valence-electron chi connectivity index (χ2n) is 7.02. The molecule has 1 fully saturated rings. The normalized spacial score (nSPS) is 25.6. The number of anilines is 1. The summed E-state index contributed by atoms with van der Waals surface area (Å²) in [6.07, 6.45) is -3.26. The van der Waals surface area contributed by atoms with Crippen LogP contribution in [0.4, 0.5) is 5.95 Å². The standard InChI is InChI=1S/C17H25N5O7/c1-7(2)14(25)20-17-19-13-10(15(26)21-17)18-6-22(13)16-12(28-8(3)27-4)11(24)9(5-23)29-16/h6-9,11-12,16,23-24H,5H2,1-4H3,(H2,19,20,21,25,26)/t8?,9-,11-,12-,16-/m1/s1. The highest BCUT2D eigenvalue weighted by molar-refractivity contribution is 5.91. The molecule has 1 aliphatic heterocycles. The van der Waals surface area contributed by atoms with E-state index in [0.717, 1.165) is 0 Å². The Labute approximate surface area is 165 Å². The Balaban J connectivity index is 2.02. The van der Waals surface area contributed by atoms with Gasteiger partial charge in [0.15, 0.2) is 23.7 Å². The lowest BCUT2D eigenvalue weighted by Crippen LogP contribution is -2.38. The van der Waals surface area contributed by atoms with E-state index in [1.54, 1.807) is 20.8 Å². The highest BCUT2D eigenvalue weighted by atomic mass is 16.7. The van der Waals surface area contributed by atoms with Gasteiger partial charge >= 0.3 is 0 Å². The third kappa shape index (κ3) is 4.16. The number of rotatable bonds is 7. The monoisotopic (exact) mass is 411 g/mol. The summed E-state index contributed by atoms with van der Waals surface area (Å²) in [6, 6.07) is 0. The third-order valence-corrected chi connectivity index (χ3v) is 4.65. The fourth-order valence-corrected chi connectivity index (χ4v) is 2.95. The first-order valence-electron chi connectivity index (χ1n) is 9.17. The summed E-state index contributed by atoms with van der Waals surface area (Å²) in [4.78, 5) is 35.1. The van der Waals surface area contributed by atoms with Gasteiger partial charge in [-0.2, -0.15) is 4.98 Å². The van der Waals surface area contributed by atoms with Crippen molar-refractivity contribution < 1.29 is 29.2 Å². The number of hydrogen-bond acceptors (Lipinski definition) is 9. The van der Waals surface area contributed by atoms with Gasteiger partial charge in [0.1, 0.15) is 18.3 Å². The van der Waals surface area contributed by atoms with Crippen molar-refractivity contribution >= 4 is 23.0 Å². The van der Waals surface area contributed by atoms with E-state index >= 15 is 0 Å². The van der Waals surface area contributed by atoms with Gasteiger partial charge in [-0.1, -0.05) is 13.8 Å². The van der Waals surface area contributed by atoms with E-state index in [-0.39, 0.29) is 28.9 Å². The molecule has 3 rings (SSSR count). The summed E-state index contributed by atoms with van der Waals surface area (Å²) in [5.74, 6) is -0.669. The van der Waals surface area contributed by atoms with E-state index < -0.39 is 43.0 Å². The minimum atomic E-state index is -1.15. The molecule has 4 N–H and O–H groups in total. The Morgan fingerprint density at radius 2 is 2.17 bits per heavy atom. The zero-order chi connectivity index (χ0) is 21.3. The van der Waals surface area contributed by atoms with Crippen molar-refractivity contribution in [1.29, 1.82) is 0 Å². The van der Waals surface area contributed by atoms with Gasteiger partial charge in [-0.15, -0.1) is 0 Å². The first-order chi connectivity index (χ1) is 13.8. The quantitative estimate of drug-likeness (QED) is 0.434. The summed E-state index contributed by atoms with van der Waals surface area (Å²) in [6.45, 7) is 4.62. The first-order valence-corrected chi connectivity index (χ1v) is 9.17. The highest BCUT2D eigenvalue weighted by Crippen LogP contribution is 2.34. The molecule has 0 saturated carbocycles. The Kier molecular flexibility index (Phi) is 6.29. The number of methoxy groups -OCH3 is 1. The maximum Gasteiger partial charge on any atom is 0.280 e. The number of imidazole rings is 1. The number of ether oxygens (including phenoxy) is 3. The van der Waals surface area contributed by atoms with Crippen molar-refractivity contribution in [3.05, 3.63) is 16.7 Å². The number of carbonyl (C=O) groups excluding carboxylic acids is 1. The topological polar surface area (TPSA) is 161 Å². The minimum Gasteiger partial charge on any atom is -0.394 e. The van der Waals surface area contributed by atoms with E-state index in [0.29, 0.717) is 0 Å². The average Bonchev–Trinajstić information content (AvgIpc) is 3.23. The molecule has 12 nitrogen and oxygen atoms in total. The van der Waals surface area contributed by atoms with Gasteiger partial charge in [-0.25, -0.2) is 4.98 Å². The SMILES string of the molecule is COC(C)O[C@@H]1[C@H](O)[C@@H](CO)O[C@H]1n1cnc2c(=O)[nH]c(NC(=O)C(C)C)nc21. The highest BCUT2D eigenvalue weighted by Gasteiger charge is 2.46. The van der Waals surface area contributed by atoms with Crippen LogP contribution in [0.2, 0.25) is 0 Å². The van der Waals surface area contributed by atoms with E-state index in [1.807, 2.05) is 0 Å². The fraction of sp³-hybridized carbons (Fsp3) is 0.647. The Morgan fingerprint density at radius 3 is 2.79 bits per heavy atom. The number of carbonyl (C=O) groups is 1. The largest absolute Gasteiger partial charge is 0.394 e. The zero-order valence-corrected chi connectivity index (χ0v) is 16.5. The molecule has 2 aromatic heterocycles. The molecule has 0 spiro atoms. The number of aromatic nitrogens is 4. The Bertz CT molecular complexity index is 927. The van der Waals surface area contributed by atoms with Crippen LogP contribution in [-0.4, -0.2) is 74.0 Å². The number of H-pyrrole nitrogens is 1. The van der Waals surface area contributed by atoms with Gasteiger partial charge in [0, 0.05) is 13.0 Å². The van der Waals surface area contributed by atoms with Crippen molar-refractivity contribution in [3.8, 4) is 0 Å². The molecule has 12 heteroatoms. The molecule has 3 heterocycles. The lowest BCUT2D eigenvalue weighted by atomic mass is 10.1. The zero-order valence-electron chi connectivity index (χ0n) is 16.5. The molecule has 0 radical (unpaired) electrons. The number of aromatic amines is 1. The molecule has 2 aromatic rings. The van der Waals surface area contributed by atoms with E-state index in [9.17, 15) is 19.8 Å². The first kappa shape index (κ1) is 21.3. The second-order valence-corrected chi connectivity index (χ2v) is 7.02. The molecule has 1 saturated heterocycles. The molecular formula is C17H25N5O7. The van der Waals surface area contributed by atoms with Crippen LogP contribution in [0.1, 0.15) is 27.0 Å². The smallest absolute Gasteiger partial charge is 0.280 e. The van der Waals surface area contributed by atoms with Crippen LogP contribution in [0.25, 0.3) is 11.2 Å². The third-order valence-electron chi connectivity index (χ3n) is 4.65. The van der Waals surface area contributed by atoms with Crippen molar-refractivity contribution in [3.63, 3.8) is 0 Å². The van der Waals surface area contributed by atoms with Crippen LogP contribution in [0.15, 0.2) is 11.1 Å². The van der Waals surface area contributed by atoms with E-state index in [1.165, 1.54) is 18.0 Å². The van der Waals surface area contributed by atoms with Crippen LogP contribution in [0.5, 0.6) is 0 Å². The summed E-state index contributed by atoms with van der Waals surface area (Å²) >= 11 is 0. The summed E-state index contributed by atoms with van der Waals surface area (Å²) < 4.78 is 18.0. The van der Waals surface area contributed by atoms with Crippen LogP contribution in [0.3, 0.4) is 0 Å². The Morgan fingerprint density at radius 1 is 1.45 bits per heavy atom. The predicted molar refractivity (Wildman–Crippen MR) is 100.0 cm³/mol. The van der Waals surface area contributed by atoms with Crippen molar-refractivity contribution in [2.24, 2.45) is 5.92 Å². The molecule has 0 aliphatic carbocycles. The maximum absolute atomic E-state index is 12.4. The number of amides is 1.